The Kier molecular flexibility index (Phi) is 4.38. The lowest BCUT2D eigenvalue weighted by atomic mass is 10.1. The molecule has 100 valence electrons. The van der Waals surface area contributed by atoms with Crippen LogP contribution in [0.4, 0.5) is 0 Å². The lowest BCUT2D eigenvalue weighted by Gasteiger charge is -2.43. The van der Waals surface area contributed by atoms with Gasteiger partial charge in [-0.05, 0) is 26.5 Å². The van der Waals surface area contributed by atoms with E-state index in [0.717, 1.165) is 25.2 Å². The van der Waals surface area contributed by atoms with Gasteiger partial charge >= 0.3 is 0 Å². The van der Waals surface area contributed by atoms with Gasteiger partial charge in [0.15, 0.2) is 0 Å². The van der Waals surface area contributed by atoms with E-state index >= 15 is 0 Å². The Morgan fingerprint density at radius 1 is 1.17 bits per heavy atom. The molecular formula is C15H24N2O. The molecule has 0 aliphatic carbocycles. The van der Waals surface area contributed by atoms with E-state index in [4.69, 9.17) is 0 Å². The summed E-state index contributed by atoms with van der Waals surface area (Å²) in [6.07, 6.45) is -0.381. The fourth-order valence-corrected chi connectivity index (χ4v) is 2.69. The van der Waals surface area contributed by atoms with Gasteiger partial charge in [-0.2, -0.15) is 0 Å². The van der Waals surface area contributed by atoms with Gasteiger partial charge in [0.25, 0.3) is 0 Å². The van der Waals surface area contributed by atoms with Gasteiger partial charge in [0.1, 0.15) is 0 Å². The summed E-state index contributed by atoms with van der Waals surface area (Å²) in [5.41, 5.74) is 1.01. The maximum Gasteiger partial charge on any atom is 0.0916 e. The molecule has 3 nitrogen and oxygen atoms in total. The molecule has 3 heteroatoms. The minimum absolute atomic E-state index is 0.381. The Hall–Kier alpha value is -0.900. The minimum Gasteiger partial charge on any atom is -0.387 e. The van der Waals surface area contributed by atoms with E-state index in [-0.39, 0.29) is 6.10 Å². The molecule has 2 rings (SSSR count). The normalized spacial score (nSPS) is 28.2. The first-order valence-electron chi connectivity index (χ1n) is 6.75. The molecule has 1 heterocycles. The van der Waals surface area contributed by atoms with Gasteiger partial charge in [0, 0.05) is 31.7 Å². The molecule has 0 spiro atoms. The maximum atomic E-state index is 10.3. The summed E-state index contributed by atoms with van der Waals surface area (Å²) < 4.78 is 0. The van der Waals surface area contributed by atoms with Crippen molar-refractivity contribution < 1.29 is 5.11 Å². The van der Waals surface area contributed by atoms with Crippen molar-refractivity contribution in [1.29, 1.82) is 0 Å². The molecule has 1 saturated heterocycles. The van der Waals surface area contributed by atoms with Crippen molar-refractivity contribution in [3.05, 3.63) is 35.9 Å². The first-order valence-corrected chi connectivity index (χ1v) is 6.75. The van der Waals surface area contributed by atoms with Crippen LogP contribution in [0.15, 0.2) is 30.3 Å². The van der Waals surface area contributed by atoms with Gasteiger partial charge in [0.2, 0.25) is 0 Å². The fourth-order valence-electron chi connectivity index (χ4n) is 2.69. The van der Waals surface area contributed by atoms with Crippen LogP contribution in [0, 0.1) is 0 Å². The summed E-state index contributed by atoms with van der Waals surface area (Å²) in [5.74, 6) is 0. The first kappa shape index (κ1) is 13.5. The number of nitrogens with zero attached hydrogens (tertiary/aromatic N) is 2. The van der Waals surface area contributed by atoms with Crippen molar-refractivity contribution >= 4 is 0 Å². The molecular weight excluding hydrogens is 224 g/mol. The van der Waals surface area contributed by atoms with Crippen molar-refractivity contribution in [2.75, 3.05) is 26.7 Å². The highest BCUT2D eigenvalue weighted by Gasteiger charge is 2.27. The molecule has 1 aliphatic heterocycles. The summed E-state index contributed by atoms with van der Waals surface area (Å²) in [7, 11) is 2.18. The van der Waals surface area contributed by atoms with Crippen LogP contribution in [0.25, 0.3) is 0 Å². The SMILES string of the molecule is CC1CN(CC(O)c2ccccc2)CC(C)N1C. The Morgan fingerprint density at radius 2 is 1.72 bits per heavy atom. The molecule has 3 atom stereocenters. The summed E-state index contributed by atoms with van der Waals surface area (Å²) >= 11 is 0. The highest BCUT2D eigenvalue weighted by atomic mass is 16.3. The molecule has 1 fully saturated rings. The number of hydrogen-bond donors (Lipinski definition) is 1. The molecule has 0 aromatic heterocycles. The Labute approximate surface area is 110 Å². The molecule has 0 amide bonds. The summed E-state index contributed by atoms with van der Waals surface area (Å²) in [6, 6.07) is 11.0. The Morgan fingerprint density at radius 3 is 2.28 bits per heavy atom. The van der Waals surface area contributed by atoms with Crippen LogP contribution >= 0.6 is 0 Å². The lowest BCUT2D eigenvalue weighted by molar-refractivity contribution is 0.0282. The standard InChI is InChI=1S/C15H24N2O/c1-12-9-17(10-13(2)16(12)3)11-15(18)14-7-5-4-6-8-14/h4-8,12-13,15,18H,9-11H2,1-3H3. The van der Waals surface area contributed by atoms with Crippen molar-refractivity contribution in [2.24, 2.45) is 0 Å². The third kappa shape index (κ3) is 3.10. The van der Waals surface area contributed by atoms with E-state index in [9.17, 15) is 5.11 Å². The maximum absolute atomic E-state index is 10.3. The van der Waals surface area contributed by atoms with Crippen molar-refractivity contribution in [1.82, 2.24) is 9.80 Å². The quantitative estimate of drug-likeness (QED) is 0.883. The third-order valence-electron chi connectivity index (χ3n) is 4.05. The zero-order chi connectivity index (χ0) is 13.1. The van der Waals surface area contributed by atoms with Gasteiger partial charge in [-0.3, -0.25) is 9.80 Å². The topological polar surface area (TPSA) is 26.7 Å². The van der Waals surface area contributed by atoms with Gasteiger partial charge in [-0.25, -0.2) is 0 Å². The van der Waals surface area contributed by atoms with Crippen LogP contribution in [0.3, 0.4) is 0 Å². The van der Waals surface area contributed by atoms with E-state index in [1.165, 1.54) is 0 Å². The molecule has 0 bridgehead atoms. The van der Waals surface area contributed by atoms with E-state index in [1.807, 2.05) is 30.3 Å². The molecule has 1 aromatic carbocycles. The first-order chi connectivity index (χ1) is 8.58. The number of piperazine rings is 1. The largest absolute Gasteiger partial charge is 0.387 e. The zero-order valence-corrected chi connectivity index (χ0v) is 11.6. The number of hydrogen-bond acceptors (Lipinski definition) is 3. The predicted octanol–water partition coefficient (Wildman–Crippen LogP) is 1.74. The van der Waals surface area contributed by atoms with Crippen LogP contribution in [0.5, 0.6) is 0 Å². The molecule has 1 N–H and O–H groups in total. The molecule has 1 aromatic rings. The second kappa shape index (κ2) is 5.83. The van der Waals surface area contributed by atoms with Crippen LogP contribution in [0.2, 0.25) is 0 Å². The van der Waals surface area contributed by atoms with E-state index < -0.39 is 0 Å². The van der Waals surface area contributed by atoms with Crippen molar-refractivity contribution in [2.45, 2.75) is 32.0 Å². The van der Waals surface area contributed by atoms with Gasteiger partial charge in [0.05, 0.1) is 6.10 Å². The molecule has 0 saturated carbocycles. The number of aliphatic hydroxyl groups is 1. The number of likely N-dealkylation sites (N-methyl/N-ethyl adjacent to an activating group) is 1. The second-order valence-corrected chi connectivity index (χ2v) is 5.51. The van der Waals surface area contributed by atoms with Crippen molar-refractivity contribution in [3.8, 4) is 0 Å². The van der Waals surface area contributed by atoms with E-state index in [1.54, 1.807) is 0 Å². The van der Waals surface area contributed by atoms with Crippen LogP contribution < -0.4 is 0 Å². The molecule has 3 unspecified atom stereocenters. The summed E-state index contributed by atoms with van der Waals surface area (Å²) in [5, 5.41) is 10.3. The fraction of sp³-hybridized carbons (Fsp3) is 0.600. The Balaban J connectivity index is 1.94. The lowest BCUT2D eigenvalue weighted by Crippen LogP contribution is -2.55. The number of rotatable bonds is 3. The predicted molar refractivity (Wildman–Crippen MR) is 74.5 cm³/mol. The van der Waals surface area contributed by atoms with Gasteiger partial charge < -0.3 is 5.11 Å². The number of benzene rings is 1. The highest BCUT2D eigenvalue weighted by molar-refractivity contribution is 5.17. The minimum atomic E-state index is -0.381. The van der Waals surface area contributed by atoms with Crippen molar-refractivity contribution in [3.63, 3.8) is 0 Å². The van der Waals surface area contributed by atoms with Gasteiger partial charge in [-0.1, -0.05) is 30.3 Å². The van der Waals surface area contributed by atoms with E-state index in [0.29, 0.717) is 12.1 Å². The summed E-state index contributed by atoms with van der Waals surface area (Å²) in [4.78, 5) is 4.78. The summed E-state index contributed by atoms with van der Waals surface area (Å²) in [6.45, 7) is 7.29. The molecule has 1 aliphatic rings. The zero-order valence-electron chi connectivity index (χ0n) is 11.6. The third-order valence-corrected chi connectivity index (χ3v) is 4.05. The van der Waals surface area contributed by atoms with Crippen LogP contribution in [-0.2, 0) is 0 Å². The number of aliphatic hydroxyl groups excluding tert-OH is 1. The second-order valence-electron chi connectivity index (χ2n) is 5.51. The monoisotopic (exact) mass is 248 g/mol. The highest BCUT2D eigenvalue weighted by Crippen LogP contribution is 2.18. The average molecular weight is 248 g/mol. The smallest absolute Gasteiger partial charge is 0.0916 e. The van der Waals surface area contributed by atoms with Gasteiger partial charge in [-0.15, -0.1) is 0 Å². The average Bonchev–Trinajstić information content (AvgIpc) is 2.37. The Bertz CT molecular complexity index is 356. The van der Waals surface area contributed by atoms with Crippen LogP contribution in [-0.4, -0.2) is 53.7 Å². The number of β-amino-alcohol motifs (C(OH)–C–C–N with tert-alkyl or cyclic N) is 1. The van der Waals surface area contributed by atoms with E-state index in [2.05, 4.69) is 30.7 Å². The molecule has 18 heavy (non-hydrogen) atoms. The molecule has 0 radical (unpaired) electrons. The van der Waals surface area contributed by atoms with Crippen LogP contribution in [0.1, 0.15) is 25.5 Å².